The summed E-state index contributed by atoms with van der Waals surface area (Å²) in [6, 6.07) is 0. The average molecular weight is 128 g/mol. The molecule has 0 aromatic heterocycles. The number of hydrogen-bond acceptors (Lipinski definition) is 2. The highest BCUT2D eigenvalue weighted by atomic mass is 16.3. The first-order valence-electron chi connectivity index (χ1n) is 3.04. The van der Waals surface area contributed by atoms with Crippen molar-refractivity contribution < 1.29 is 0 Å². The molecule has 0 saturated carbocycles. The van der Waals surface area contributed by atoms with Gasteiger partial charge in [-0.1, -0.05) is 13.5 Å². The number of allylic oxidation sites excluding steroid dienone is 1. The third-order valence-corrected chi connectivity index (χ3v) is 1.17. The van der Waals surface area contributed by atoms with Crippen molar-refractivity contribution in [2.75, 3.05) is 6.54 Å². The molecule has 0 radical (unpaired) electrons. The Hall–Kier alpha value is -0.860. The largest absolute Gasteiger partial charge is 0.234 e. The van der Waals surface area contributed by atoms with Crippen LogP contribution in [-0.2, 0) is 0 Å². The Morgan fingerprint density at radius 1 is 1.67 bits per heavy atom. The Kier molecular flexibility index (Phi) is 3.67. The summed E-state index contributed by atoms with van der Waals surface area (Å²) in [5.74, 6) is 0. The van der Waals surface area contributed by atoms with E-state index in [4.69, 9.17) is 0 Å². The lowest BCUT2D eigenvalue weighted by atomic mass is 10.4. The first-order valence-corrected chi connectivity index (χ1v) is 3.04. The van der Waals surface area contributed by atoms with Crippen molar-refractivity contribution in [3.05, 3.63) is 17.2 Å². The Labute approximate surface area is 55.3 Å². The minimum absolute atomic E-state index is 0.607. The van der Waals surface area contributed by atoms with Crippen LogP contribution in [0.25, 0.3) is 0 Å². The standard InChI is InChI=1S/C6H12N2O/c1-4-6(3)8(5-2)7-9/h3-5H2,1-2H3. The summed E-state index contributed by atoms with van der Waals surface area (Å²) >= 11 is 0. The van der Waals surface area contributed by atoms with Crippen LogP contribution in [0.3, 0.4) is 0 Å². The van der Waals surface area contributed by atoms with Crippen molar-refractivity contribution in [3.8, 4) is 0 Å². The Bertz CT molecular complexity index is 112. The summed E-state index contributed by atoms with van der Waals surface area (Å²) < 4.78 is 0. The van der Waals surface area contributed by atoms with Gasteiger partial charge >= 0.3 is 0 Å². The number of nitrogens with zero attached hydrogens (tertiary/aromatic N) is 2. The third kappa shape index (κ3) is 2.26. The summed E-state index contributed by atoms with van der Waals surface area (Å²) in [6.07, 6.45) is 0.777. The van der Waals surface area contributed by atoms with E-state index in [1.165, 1.54) is 5.01 Å². The monoisotopic (exact) mass is 128 g/mol. The van der Waals surface area contributed by atoms with E-state index in [1.807, 2.05) is 13.8 Å². The van der Waals surface area contributed by atoms with Gasteiger partial charge in [0.15, 0.2) is 0 Å². The molecule has 0 atom stereocenters. The fraction of sp³-hybridized carbons (Fsp3) is 0.667. The first kappa shape index (κ1) is 8.14. The van der Waals surface area contributed by atoms with E-state index >= 15 is 0 Å². The van der Waals surface area contributed by atoms with Gasteiger partial charge in [0.05, 0.1) is 5.29 Å². The predicted molar refractivity (Wildman–Crippen MR) is 37.6 cm³/mol. The Morgan fingerprint density at radius 2 is 2.22 bits per heavy atom. The molecule has 0 aliphatic carbocycles. The van der Waals surface area contributed by atoms with Crippen LogP contribution in [0.2, 0.25) is 0 Å². The van der Waals surface area contributed by atoms with Crippen LogP contribution in [-0.4, -0.2) is 11.6 Å². The Balaban J connectivity index is 3.78. The molecule has 0 aliphatic rings. The van der Waals surface area contributed by atoms with Gasteiger partial charge in [0.2, 0.25) is 0 Å². The van der Waals surface area contributed by atoms with E-state index in [-0.39, 0.29) is 0 Å². The van der Waals surface area contributed by atoms with Crippen LogP contribution in [0.15, 0.2) is 17.6 Å². The van der Waals surface area contributed by atoms with Gasteiger partial charge in [0.1, 0.15) is 0 Å². The van der Waals surface area contributed by atoms with Gasteiger partial charge < -0.3 is 0 Å². The average Bonchev–Trinajstić information content (AvgIpc) is 1.90. The highest BCUT2D eigenvalue weighted by molar-refractivity contribution is 4.89. The topological polar surface area (TPSA) is 32.7 Å². The van der Waals surface area contributed by atoms with E-state index in [1.54, 1.807) is 0 Å². The number of hydrogen-bond donors (Lipinski definition) is 0. The van der Waals surface area contributed by atoms with Crippen LogP contribution in [0, 0.1) is 4.91 Å². The normalized spacial score (nSPS) is 8.67. The van der Waals surface area contributed by atoms with Gasteiger partial charge in [-0.05, 0) is 13.3 Å². The summed E-state index contributed by atoms with van der Waals surface area (Å²) in [5, 5.41) is 4.11. The molecular formula is C6H12N2O. The maximum Gasteiger partial charge on any atom is 0.0570 e. The van der Waals surface area contributed by atoms with E-state index in [2.05, 4.69) is 11.9 Å². The lowest BCUT2D eigenvalue weighted by Crippen LogP contribution is -2.13. The predicted octanol–water partition coefficient (Wildman–Crippen LogP) is 1.91. The van der Waals surface area contributed by atoms with Crippen molar-refractivity contribution >= 4 is 0 Å². The quantitative estimate of drug-likeness (QED) is 0.428. The van der Waals surface area contributed by atoms with Crippen molar-refractivity contribution in [1.82, 2.24) is 5.01 Å². The van der Waals surface area contributed by atoms with E-state index in [9.17, 15) is 4.91 Å². The molecular weight excluding hydrogens is 116 g/mol. The molecule has 52 valence electrons. The van der Waals surface area contributed by atoms with Gasteiger partial charge in [0.25, 0.3) is 0 Å². The highest BCUT2D eigenvalue weighted by Gasteiger charge is 1.99. The molecule has 9 heavy (non-hydrogen) atoms. The number of rotatable bonds is 4. The fourth-order valence-corrected chi connectivity index (χ4v) is 0.522. The SMILES string of the molecule is C=C(CC)N(CC)N=O. The van der Waals surface area contributed by atoms with E-state index < -0.39 is 0 Å². The molecule has 0 aromatic rings. The van der Waals surface area contributed by atoms with E-state index in [0.29, 0.717) is 6.54 Å². The van der Waals surface area contributed by atoms with Crippen LogP contribution >= 0.6 is 0 Å². The lowest BCUT2D eigenvalue weighted by Gasteiger charge is -2.12. The fourth-order valence-electron chi connectivity index (χ4n) is 0.522. The molecule has 0 N–H and O–H groups in total. The second-order valence-corrected chi connectivity index (χ2v) is 1.72. The van der Waals surface area contributed by atoms with E-state index in [0.717, 1.165) is 12.1 Å². The van der Waals surface area contributed by atoms with Crippen molar-refractivity contribution in [1.29, 1.82) is 0 Å². The smallest absolute Gasteiger partial charge is 0.0570 e. The molecule has 0 unspecified atom stereocenters. The van der Waals surface area contributed by atoms with Gasteiger partial charge in [0, 0.05) is 12.2 Å². The molecule has 0 saturated heterocycles. The summed E-state index contributed by atoms with van der Waals surface area (Å²) in [5.41, 5.74) is 0.771. The minimum atomic E-state index is 0.607. The summed E-state index contributed by atoms with van der Waals surface area (Å²) in [6.45, 7) is 8.06. The maximum absolute atomic E-state index is 9.95. The van der Waals surface area contributed by atoms with Crippen LogP contribution in [0.5, 0.6) is 0 Å². The van der Waals surface area contributed by atoms with Gasteiger partial charge in [-0.2, -0.15) is 0 Å². The van der Waals surface area contributed by atoms with Crippen LogP contribution in [0.1, 0.15) is 20.3 Å². The maximum atomic E-state index is 9.95. The van der Waals surface area contributed by atoms with Crippen LogP contribution in [0.4, 0.5) is 0 Å². The molecule has 0 amide bonds. The zero-order chi connectivity index (χ0) is 7.28. The zero-order valence-electron chi connectivity index (χ0n) is 5.92. The summed E-state index contributed by atoms with van der Waals surface area (Å²) in [4.78, 5) is 9.95. The van der Waals surface area contributed by atoms with Crippen molar-refractivity contribution in [3.63, 3.8) is 0 Å². The molecule has 0 heterocycles. The van der Waals surface area contributed by atoms with Gasteiger partial charge in [-0.15, -0.1) is 4.91 Å². The molecule has 0 aromatic carbocycles. The lowest BCUT2D eigenvalue weighted by molar-refractivity contribution is 0.370. The molecule has 0 rings (SSSR count). The zero-order valence-corrected chi connectivity index (χ0v) is 5.92. The molecule has 0 aliphatic heterocycles. The highest BCUT2D eigenvalue weighted by Crippen LogP contribution is 2.04. The van der Waals surface area contributed by atoms with Gasteiger partial charge in [-0.3, -0.25) is 0 Å². The van der Waals surface area contributed by atoms with Crippen molar-refractivity contribution in [2.24, 2.45) is 5.29 Å². The molecule has 3 heteroatoms. The van der Waals surface area contributed by atoms with Gasteiger partial charge in [-0.25, -0.2) is 5.01 Å². The molecule has 0 spiro atoms. The third-order valence-electron chi connectivity index (χ3n) is 1.17. The van der Waals surface area contributed by atoms with Crippen LogP contribution < -0.4 is 0 Å². The Morgan fingerprint density at radius 3 is 2.33 bits per heavy atom. The van der Waals surface area contributed by atoms with Crippen molar-refractivity contribution in [2.45, 2.75) is 20.3 Å². The molecule has 0 bridgehead atoms. The molecule has 3 nitrogen and oxygen atoms in total. The summed E-state index contributed by atoms with van der Waals surface area (Å²) in [7, 11) is 0. The molecule has 0 fully saturated rings. The minimum Gasteiger partial charge on any atom is -0.234 e. The second kappa shape index (κ2) is 4.06. The number of nitroso groups, excluding NO2 is 1. The first-order chi connectivity index (χ1) is 4.26. The second-order valence-electron chi connectivity index (χ2n) is 1.72.